The molecule has 1 unspecified atom stereocenters. The van der Waals surface area contributed by atoms with Gasteiger partial charge >= 0.3 is 0 Å². The lowest BCUT2D eigenvalue weighted by molar-refractivity contribution is 0.768. The average molecular weight is 370 g/mol. The summed E-state index contributed by atoms with van der Waals surface area (Å²) in [4.78, 5) is 9.39. The van der Waals surface area contributed by atoms with Gasteiger partial charge in [0.1, 0.15) is 0 Å². The van der Waals surface area contributed by atoms with E-state index in [-0.39, 0.29) is 0 Å². The minimum atomic E-state index is 0.324. The molecule has 1 atom stereocenters. The minimum absolute atomic E-state index is 0.324. The molecule has 0 bridgehead atoms. The van der Waals surface area contributed by atoms with E-state index in [9.17, 15) is 0 Å². The highest BCUT2D eigenvalue weighted by atomic mass is 32.2. The Morgan fingerprint density at radius 2 is 2.23 bits per heavy atom. The third kappa shape index (κ3) is 3.33. The third-order valence-electron chi connectivity index (χ3n) is 4.18. The molecule has 26 heavy (non-hydrogen) atoms. The molecule has 4 heterocycles. The Bertz CT molecular complexity index is 957. The van der Waals surface area contributed by atoms with E-state index in [0.717, 1.165) is 46.3 Å². The van der Waals surface area contributed by atoms with Gasteiger partial charge in [-0.3, -0.25) is 13.8 Å². The normalized spacial score (nSPS) is 17.0. The third-order valence-corrected chi connectivity index (χ3v) is 5.13. The first-order chi connectivity index (χ1) is 12.6. The monoisotopic (exact) mass is 370 g/mol. The summed E-state index contributed by atoms with van der Waals surface area (Å²) >= 11 is 1.57. The summed E-state index contributed by atoms with van der Waals surface area (Å²) in [6, 6.07) is 0.324. The van der Waals surface area contributed by atoms with Crippen LogP contribution in [0.15, 0.2) is 35.9 Å². The fourth-order valence-corrected chi connectivity index (χ4v) is 3.73. The van der Waals surface area contributed by atoms with Gasteiger partial charge < -0.3 is 11.1 Å². The maximum absolute atomic E-state index is 5.68. The van der Waals surface area contributed by atoms with E-state index in [1.165, 1.54) is 0 Å². The molecule has 0 saturated carbocycles. The SMILES string of the molecule is CC1C=C(Nc2nc(CCCN)cn3c(-c4cnn(C)c4)cnc23)SN1. The smallest absolute Gasteiger partial charge is 0.180 e. The standard InChI is InChI=1S/C17H22N8S/c1-11-6-15(26-23-11)22-16-17-19-8-14(12-7-20-24(2)9-12)25(17)10-13(21-16)4-3-5-18/h6-11,23H,3-5,18H2,1-2H3,(H,21,22). The van der Waals surface area contributed by atoms with E-state index in [4.69, 9.17) is 10.7 Å². The van der Waals surface area contributed by atoms with Gasteiger partial charge in [0.25, 0.3) is 0 Å². The molecule has 3 aromatic heterocycles. The van der Waals surface area contributed by atoms with Crippen molar-refractivity contribution < 1.29 is 0 Å². The van der Waals surface area contributed by atoms with Crippen molar-refractivity contribution in [2.24, 2.45) is 12.8 Å². The number of nitrogens with two attached hydrogens (primary N) is 1. The minimum Gasteiger partial charge on any atom is -0.331 e. The van der Waals surface area contributed by atoms with Crippen LogP contribution in [-0.2, 0) is 13.5 Å². The highest BCUT2D eigenvalue weighted by Gasteiger charge is 2.17. The summed E-state index contributed by atoms with van der Waals surface area (Å²) in [6.07, 6.45) is 11.6. The lowest BCUT2D eigenvalue weighted by Gasteiger charge is -2.10. The lowest BCUT2D eigenvalue weighted by Crippen LogP contribution is -2.09. The van der Waals surface area contributed by atoms with Crippen LogP contribution in [0.1, 0.15) is 19.0 Å². The molecule has 0 radical (unpaired) electrons. The van der Waals surface area contributed by atoms with Crippen molar-refractivity contribution in [2.75, 3.05) is 11.9 Å². The molecule has 1 aliphatic heterocycles. The molecule has 0 aromatic carbocycles. The molecule has 1 aliphatic rings. The fourth-order valence-electron chi connectivity index (χ4n) is 2.93. The zero-order valence-electron chi connectivity index (χ0n) is 14.8. The molecule has 4 N–H and O–H groups in total. The van der Waals surface area contributed by atoms with Crippen molar-refractivity contribution in [3.63, 3.8) is 0 Å². The maximum Gasteiger partial charge on any atom is 0.180 e. The van der Waals surface area contributed by atoms with Gasteiger partial charge in [-0.25, -0.2) is 9.97 Å². The molecule has 0 spiro atoms. The van der Waals surface area contributed by atoms with Crippen molar-refractivity contribution in [1.29, 1.82) is 0 Å². The Labute approximate surface area is 156 Å². The molecule has 8 nitrogen and oxygen atoms in total. The summed E-state index contributed by atoms with van der Waals surface area (Å²) in [5.41, 5.74) is 9.47. The Balaban J connectivity index is 1.79. The van der Waals surface area contributed by atoms with Gasteiger partial charge in [-0.1, -0.05) is 0 Å². The number of imidazole rings is 1. The zero-order valence-corrected chi connectivity index (χ0v) is 15.6. The Morgan fingerprint density at radius 3 is 2.92 bits per heavy atom. The Hall–Kier alpha value is -2.36. The molecular weight excluding hydrogens is 348 g/mol. The topological polar surface area (TPSA) is 98.1 Å². The van der Waals surface area contributed by atoms with E-state index in [1.807, 2.05) is 31.8 Å². The van der Waals surface area contributed by atoms with Crippen LogP contribution in [0.2, 0.25) is 0 Å². The van der Waals surface area contributed by atoms with E-state index < -0.39 is 0 Å². The molecule has 3 aromatic rings. The van der Waals surface area contributed by atoms with Crippen molar-refractivity contribution in [3.8, 4) is 11.3 Å². The average Bonchev–Trinajstić information content (AvgIpc) is 3.33. The largest absolute Gasteiger partial charge is 0.331 e. The van der Waals surface area contributed by atoms with Gasteiger partial charge in [0.05, 0.1) is 28.8 Å². The van der Waals surface area contributed by atoms with Gasteiger partial charge in [0, 0.05) is 31.0 Å². The van der Waals surface area contributed by atoms with Crippen molar-refractivity contribution in [2.45, 2.75) is 25.8 Å². The quantitative estimate of drug-likeness (QED) is 0.570. The van der Waals surface area contributed by atoms with Gasteiger partial charge in [-0.15, -0.1) is 0 Å². The molecule has 136 valence electrons. The summed E-state index contributed by atoms with van der Waals surface area (Å²) in [5, 5.41) is 8.72. The van der Waals surface area contributed by atoms with E-state index in [0.29, 0.717) is 12.6 Å². The maximum atomic E-state index is 5.68. The second-order valence-electron chi connectivity index (χ2n) is 6.38. The highest BCUT2D eigenvalue weighted by Crippen LogP contribution is 2.28. The highest BCUT2D eigenvalue weighted by molar-refractivity contribution is 8.01. The summed E-state index contributed by atoms with van der Waals surface area (Å²) in [6.45, 7) is 2.75. The van der Waals surface area contributed by atoms with Crippen LogP contribution >= 0.6 is 11.9 Å². The van der Waals surface area contributed by atoms with Gasteiger partial charge in [-0.05, 0) is 44.3 Å². The second kappa shape index (κ2) is 7.10. The van der Waals surface area contributed by atoms with Crippen molar-refractivity contribution in [3.05, 3.63) is 41.6 Å². The predicted octanol–water partition coefficient (Wildman–Crippen LogP) is 1.91. The first kappa shape index (κ1) is 17.1. The van der Waals surface area contributed by atoms with Crippen molar-refractivity contribution >= 4 is 23.4 Å². The van der Waals surface area contributed by atoms with Crippen LogP contribution in [0.3, 0.4) is 0 Å². The molecule has 0 amide bonds. The number of fused-ring (bicyclic) bond motifs is 1. The second-order valence-corrected chi connectivity index (χ2v) is 7.26. The predicted molar refractivity (Wildman–Crippen MR) is 104 cm³/mol. The van der Waals surface area contributed by atoms with E-state index in [2.05, 4.69) is 37.5 Å². The molecule has 9 heteroatoms. The number of hydrogen-bond acceptors (Lipinski definition) is 7. The number of rotatable bonds is 6. The summed E-state index contributed by atoms with van der Waals surface area (Å²) < 4.78 is 7.17. The number of aromatic nitrogens is 5. The van der Waals surface area contributed by atoms with Crippen LogP contribution in [0, 0.1) is 0 Å². The first-order valence-corrected chi connectivity index (χ1v) is 9.43. The molecule has 0 fully saturated rings. The van der Waals surface area contributed by atoms with Gasteiger partial charge in [0.15, 0.2) is 11.5 Å². The lowest BCUT2D eigenvalue weighted by atomic mass is 10.2. The number of nitrogens with one attached hydrogen (secondary N) is 2. The molecule has 0 aliphatic carbocycles. The van der Waals surface area contributed by atoms with Crippen LogP contribution in [0.5, 0.6) is 0 Å². The Kier molecular flexibility index (Phi) is 4.66. The van der Waals surface area contributed by atoms with Crippen LogP contribution in [0.25, 0.3) is 16.9 Å². The van der Waals surface area contributed by atoms with E-state index >= 15 is 0 Å². The number of hydrogen-bond donors (Lipinski definition) is 3. The van der Waals surface area contributed by atoms with E-state index in [1.54, 1.807) is 16.6 Å². The molecule has 4 rings (SSSR count). The fraction of sp³-hybridized carbons (Fsp3) is 0.353. The summed E-state index contributed by atoms with van der Waals surface area (Å²) in [7, 11) is 1.91. The van der Waals surface area contributed by atoms with Crippen LogP contribution in [0.4, 0.5) is 5.82 Å². The number of aryl methyl sites for hydroxylation is 2. The Morgan fingerprint density at radius 1 is 1.35 bits per heavy atom. The first-order valence-electron chi connectivity index (χ1n) is 8.61. The van der Waals surface area contributed by atoms with Gasteiger partial charge in [0.2, 0.25) is 0 Å². The van der Waals surface area contributed by atoms with Crippen LogP contribution < -0.4 is 15.8 Å². The van der Waals surface area contributed by atoms with Gasteiger partial charge in [-0.2, -0.15) is 5.10 Å². The zero-order chi connectivity index (χ0) is 18.1. The summed E-state index contributed by atoms with van der Waals surface area (Å²) in [5.74, 6) is 0.754. The van der Waals surface area contributed by atoms with Crippen LogP contribution in [-0.4, -0.2) is 36.7 Å². The number of anilines is 1. The molecular formula is C17H22N8S. The molecule has 0 saturated heterocycles. The van der Waals surface area contributed by atoms with Crippen molar-refractivity contribution in [1.82, 2.24) is 28.9 Å². The number of nitrogens with zero attached hydrogens (tertiary/aromatic N) is 5.